The molecule has 1 aromatic carbocycles. The van der Waals surface area contributed by atoms with Crippen LogP contribution >= 0.6 is 11.6 Å². The number of hydrogen-bond acceptors (Lipinski definition) is 10. The number of benzene rings is 1. The van der Waals surface area contributed by atoms with Crippen LogP contribution in [-0.2, 0) is 35.0 Å². The van der Waals surface area contributed by atoms with Gasteiger partial charge in [-0.25, -0.2) is 14.8 Å². The van der Waals surface area contributed by atoms with Crippen LogP contribution in [0.25, 0.3) is 22.4 Å². The minimum Gasteiger partial charge on any atom is -0.480 e. The van der Waals surface area contributed by atoms with Gasteiger partial charge in [-0.05, 0) is 57.4 Å². The summed E-state index contributed by atoms with van der Waals surface area (Å²) in [6, 6.07) is 7.55. The fourth-order valence-corrected chi connectivity index (χ4v) is 8.54. The molecule has 0 saturated carbocycles. The van der Waals surface area contributed by atoms with Crippen LogP contribution in [0.4, 0.5) is 5.69 Å². The molecule has 0 bridgehead atoms. The molecule has 18 heteroatoms. The van der Waals surface area contributed by atoms with Gasteiger partial charge in [0.2, 0.25) is 17.7 Å². The molecule has 1 atom stereocenters. The summed E-state index contributed by atoms with van der Waals surface area (Å²) in [5.41, 5.74) is 2.76. The van der Waals surface area contributed by atoms with Crippen molar-refractivity contribution in [3.63, 3.8) is 0 Å². The van der Waals surface area contributed by atoms with E-state index in [2.05, 4.69) is 22.1 Å². The number of likely N-dealkylation sites (tertiary alicyclic amines) is 1. The Morgan fingerprint density at radius 3 is 2.55 bits per heavy atom. The van der Waals surface area contributed by atoms with Crippen LogP contribution in [0.5, 0.6) is 5.88 Å². The molecule has 0 spiro atoms. The number of hydrogen-bond donors (Lipinski definition) is 1. The van der Waals surface area contributed by atoms with Crippen molar-refractivity contribution in [3.8, 4) is 29.1 Å². The SMILES string of the molecule is COc1ncc(C(=O)N2CCC(OCC#Cc3cccc4c3n(C)c(=O)n4C3CCC(=O)NC3=O)CC2)cc1-c1nc2c(n1C(C)C)CN(c1cc(Cl)cn(C)c1=O)C2=O. The smallest absolute Gasteiger partial charge is 0.329 e. The maximum atomic E-state index is 13.9. The number of anilines is 1. The number of imidazole rings is 2. The molecule has 1 unspecified atom stereocenters. The van der Waals surface area contributed by atoms with Crippen LogP contribution in [0, 0.1) is 11.8 Å². The van der Waals surface area contributed by atoms with Gasteiger partial charge in [-0.3, -0.25) is 43.3 Å². The Morgan fingerprint density at radius 1 is 1.07 bits per heavy atom. The van der Waals surface area contributed by atoms with E-state index >= 15 is 0 Å². The van der Waals surface area contributed by atoms with E-state index in [1.807, 2.05) is 18.4 Å². The summed E-state index contributed by atoms with van der Waals surface area (Å²) in [6.45, 7) is 5.02. The summed E-state index contributed by atoms with van der Waals surface area (Å²) in [7, 11) is 4.68. The monoisotopic (exact) mass is 835 g/mol. The van der Waals surface area contributed by atoms with Crippen molar-refractivity contribution in [2.75, 3.05) is 31.7 Å². The van der Waals surface area contributed by atoms with Gasteiger partial charge in [-0.1, -0.05) is 29.5 Å². The summed E-state index contributed by atoms with van der Waals surface area (Å²) in [5, 5.41) is 2.64. The molecule has 1 N–H and O–H groups in total. The Kier molecular flexibility index (Phi) is 10.7. The van der Waals surface area contributed by atoms with Crippen molar-refractivity contribution in [3.05, 3.63) is 91.1 Å². The van der Waals surface area contributed by atoms with Crippen LogP contribution in [0.15, 0.2) is 52.3 Å². The lowest BCUT2D eigenvalue weighted by atomic mass is 10.1. The fraction of sp³-hybridized carbons (Fsp3) is 0.381. The minimum absolute atomic E-state index is 0.101. The van der Waals surface area contributed by atoms with Gasteiger partial charge in [-0.15, -0.1) is 0 Å². The van der Waals surface area contributed by atoms with E-state index in [0.717, 1.165) is 0 Å². The molecule has 60 heavy (non-hydrogen) atoms. The first kappa shape index (κ1) is 40.3. The third-order valence-corrected chi connectivity index (χ3v) is 11.4. The first-order chi connectivity index (χ1) is 28.8. The highest BCUT2D eigenvalue weighted by atomic mass is 35.5. The van der Waals surface area contributed by atoms with Crippen molar-refractivity contribution in [1.29, 1.82) is 0 Å². The average molecular weight is 836 g/mol. The Balaban J connectivity index is 0.942. The number of imide groups is 1. The highest BCUT2D eigenvalue weighted by molar-refractivity contribution is 6.30. The number of fused-ring (bicyclic) bond motifs is 2. The number of nitrogens with zero attached hydrogens (tertiary/aromatic N) is 8. The summed E-state index contributed by atoms with van der Waals surface area (Å²) in [4.78, 5) is 90.5. The maximum absolute atomic E-state index is 13.9. The first-order valence-corrected chi connectivity index (χ1v) is 19.9. The van der Waals surface area contributed by atoms with Crippen molar-refractivity contribution in [2.45, 2.75) is 64.3 Å². The number of methoxy groups -OCH3 is 1. The van der Waals surface area contributed by atoms with Gasteiger partial charge < -0.3 is 23.5 Å². The Labute approximate surface area is 348 Å². The predicted molar refractivity (Wildman–Crippen MR) is 220 cm³/mol. The highest BCUT2D eigenvalue weighted by Crippen LogP contribution is 2.37. The Hall–Kier alpha value is -6.51. The average Bonchev–Trinajstić information content (AvgIpc) is 3.85. The topological polar surface area (TPSA) is 185 Å². The van der Waals surface area contributed by atoms with Gasteiger partial charge in [0.15, 0.2) is 5.69 Å². The van der Waals surface area contributed by atoms with Crippen LogP contribution in [-0.4, -0.2) is 89.7 Å². The number of amides is 4. The van der Waals surface area contributed by atoms with E-state index in [9.17, 15) is 28.8 Å². The number of aryl methyl sites for hydroxylation is 2. The van der Waals surface area contributed by atoms with E-state index in [0.29, 0.717) is 70.2 Å². The molecule has 5 aromatic rings. The number of halogens is 1. The van der Waals surface area contributed by atoms with Gasteiger partial charge in [0.1, 0.15) is 24.2 Å². The molecule has 17 nitrogen and oxygen atoms in total. The second-order valence-corrected chi connectivity index (χ2v) is 15.7. The van der Waals surface area contributed by atoms with Gasteiger partial charge >= 0.3 is 5.69 Å². The second-order valence-electron chi connectivity index (χ2n) is 15.3. The lowest BCUT2D eigenvalue weighted by molar-refractivity contribution is -0.135. The molecule has 310 valence electrons. The Morgan fingerprint density at radius 2 is 1.83 bits per heavy atom. The largest absolute Gasteiger partial charge is 0.480 e. The normalized spacial score (nSPS) is 17.0. The summed E-state index contributed by atoms with van der Waals surface area (Å²) >= 11 is 6.24. The predicted octanol–water partition coefficient (Wildman–Crippen LogP) is 3.35. The fourth-order valence-electron chi connectivity index (χ4n) is 8.29. The molecule has 4 aromatic heterocycles. The van der Waals surface area contributed by atoms with E-state index in [1.54, 1.807) is 43.3 Å². The standard InChI is InChI=1S/C42H42ClN9O8/c1-23(2)51-32-22-50(31-19-26(43)21-47(3)40(31)56)41(57)34(32)46-36(51)28-18-25(20-44-38(28)59-5)39(55)49-15-13-27(14-16-49)60-17-7-9-24-8-6-10-29-35(24)48(4)42(58)52(29)30-11-12-33(53)45-37(30)54/h6,8,10,18-21,23,27,30H,11-17,22H2,1-5H3,(H,45,53,54). The number of carbonyl (C=O) groups is 4. The summed E-state index contributed by atoms with van der Waals surface area (Å²) < 4.78 is 17.8. The zero-order valence-electron chi connectivity index (χ0n) is 33.7. The molecule has 0 radical (unpaired) electrons. The van der Waals surface area contributed by atoms with E-state index in [4.69, 9.17) is 26.1 Å². The zero-order valence-corrected chi connectivity index (χ0v) is 34.4. The molecule has 8 rings (SSSR count). The molecular formula is C42H42ClN9O8. The molecule has 4 amide bonds. The van der Waals surface area contributed by atoms with Gasteiger partial charge in [0, 0.05) is 52.0 Å². The number of ether oxygens (including phenoxy) is 2. The molecule has 2 saturated heterocycles. The van der Waals surface area contributed by atoms with Crippen LogP contribution in [0.2, 0.25) is 5.02 Å². The molecule has 2 fully saturated rings. The van der Waals surface area contributed by atoms with Gasteiger partial charge in [-0.2, -0.15) is 0 Å². The molecular weight excluding hydrogens is 794 g/mol. The van der Waals surface area contributed by atoms with Gasteiger partial charge in [0.25, 0.3) is 17.4 Å². The number of carbonyl (C=O) groups excluding carboxylic acids is 4. The van der Waals surface area contributed by atoms with Crippen LogP contribution in [0.1, 0.15) is 83.7 Å². The number of piperidine rings is 2. The number of rotatable bonds is 8. The maximum Gasteiger partial charge on any atom is 0.329 e. The molecule has 7 heterocycles. The molecule has 3 aliphatic heterocycles. The Bertz CT molecular complexity index is 2800. The van der Waals surface area contributed by atoms with E-state index in [1.165, 1.54) is 44.2 Å². The molecule has 3 aliphatic rings. The third kappa shape index (κ3) is 7.05. The number of para-hydroxylation sites is 1. The summed E-state index contributed by atoms with van der Waals surface area (Å²) in [5.74, 6) is 5.32. The minimum atomic E-state index is -0.790. The van der Waals surface area contributed by atoms with E-state index in [-0.39, 0.29) is 78.5 Å². The van der Waals surface area contributed by atoms with Crippen molar-refractivity contribution in [1.82, 2.24) is 38.5 Å². The number of pyridine rings is 2. The zero-order chi connectivity index (χ0) is 42.6. The first-order valence-electron chi connectivity index (χ1n) is 19.5. The van der Waals surface area contributed by atoms with Crippen LogP contribution < -0.4 is 26.2 Å². The van der Waals surface area contributed by atoms with Crippen molar-refractivity contribution >= 4 is 52.0 Å². The molecule has 0 aliphatic carbocycles. The van der Waals surface area contributed by atoms with E-state index < -0.39 is 17.9 Å². The number of nitrogens with one attached hydrogen (secondary N) is 1. The highest BCUT2D eigenvalue weighted by Gasteiger charge is 2.38. The van der Waals surface area contributed by atoms with Crippen LogP contribution in [0.3, 0.4) is 0 Å². The third-order valence-electron chi connectivity index (χ3n) is 11.2. The lowest BCUT2D eigenvalue weighted by Gasteiger charge is -2.31. The van der Waals surface area contributed by atoms with Crippen molar-refractivity contribution in [2.24, 2.45) is 14.1 Å². The second kappa shape index (κ2) is 15.9. The number of aromatic nitrogens is 6. The summed E-state index contributed by atoms with van der Waals surface area (Å²) in [6.07, 6.45) is 4.38. The quantitative estimate of drug-likeness (QED) is 0.180. The lowest BCUT2D eigenvalue weighted by Crippen LogP contribution is -2.44. The van der Waals surface area contributed by atoms with Crippen molar-refractivity contribution < 1.29 is 28.7 Å². The van der Waals surface area contributed by atoms with Gasteiger partial charge in [0.05, 0.1) is 58.2 Å².